The molecular weight excluding hydrogens is 262 g/mol. The maximum Gasteiger partial charge on any atom is 0.0674 e. The number of hydrogen-bond donors (Lipinski definition) is 1. The smallest absolute Gasteiger partial charge is 0.0674 e. The van der Waals surface area contributed by atoms with Gasteiger partial charge in [-0.05, 0) is 50.6 Å². The number of nitrogens with two attached hydrogens (primary N) is 1. The number of likely N-dealkylation sites (tertiary alicyclic amines) is 1. The topological polar surface area (TPSA) is 41.7 Å². The van der Waals surface area contributed by atoms with E-state index in [-0.39, 0.29) is 0 Å². The van der Waals surface area contributed by atoms with E-state index in [2.05, 4.69) is 28.9 Å². The number of rotatable bonds is 3. The van der Waals surface area contributed by atoms with Gasteiger partial charge in [-0.3, -0.25) is 9.80 Å². The second kappa shape index (κ2) is 6.77. The third kappa shape index (κ3) is 3.96. The summed E-state index contributed by atoms with van der Waals surface area (Å²) in [5.41, 5.74) is 8.05. The summed E-state index contributed by atoms with van der Waals surface area (Å²) in [5, 5.41) is 0. The zero-order valence-electron chi connectivity index (χ0n) is 13.0. The predicted molar refractivity (Wildman–Crippen MR) is 86.1 cm³/mol. The highest BCUT2D eigenvalue weighted by atomic mass is 16.5. The van der Waals surface area contributed by atoms with E-state index in [1.165, 1.54) is 31.5 Å². The van der Waals surface area contributed by atoms with Gasteiger partial charge >= 0.3 is 0 Å². The Balaban J connectivity index is 1.48. The fraction of sp³-hybridized carbons (Fsp3) is 0.647. The van der Waals surface area contributed by atoms with Gasteiger partial charge in [-0.25, -0.2) is 0 Å². The summed E-state index contributed by atoms with van der Waals surface area (Å²) in [6.45, 7) is 8.67. The molecule has 1 aromatic carbocycles. The van der Waals surface area contributed by atoms with E-state index in [1.807, 2.05) is 12.1 Å². The van der Waals surface area contributed by atoms with E-state index in [0.717, 1.165) is 38.0 Å². The average molecular weight is 289 g/mol. The van der Waals surface area contributed by atoms with Crippen LogP contribution in [-0.2, 0) is 11.3 Å². The molecule has 1 atom stereocenters. The van der Waals surface area contributed by atoms with Crippen LogP contribution in [0.2, 0.25) is 0 Å². The molecule has 116 valence electrons. The van der Waals surface area contributed by atoms with Crippen molar-refractivity contribution in [2.75, 3.05) is 38.5 Å². The Labute approximate surface area is 127 Å². The molecule has 0 amide bonds. The van der Waals surface area contributed by atoms with E-state index in [1.54, 1.807) is 0 Å². The van der Waals surface area contributed by atoms with Crippen molar-refractivity contribution in [2.45, 2.75) is 38.5 Å². The highest BCUT2D eigenvalue weighted by molar-refractivity contribution is 5.40. The predicted octanol–water partition coefficient (Wildman–Crippen LogP) is 1.95. The fourth-order valence-electron chi connectivity index (χ4n) is 3.57. The zero-order valence-corrected chi connectivity index (χ0v) is 13.0. The van der Waals surface area contributed by atoms with E-state index in [9.17, 15) is 0 Å². The van der Waals surface area contributed by atoms with Crippen LogP contribution < -0.4 is 5.73 Å². The van der Waals surface area contributed by atoms with Gasteiger partial charge in [0.05, 0.1) is 12.7 Å². The van der Waals surface area contributed by atoms with Crippen molar-refractivity contribution in [1.29, 1.82) is 0 Å². The van der Waals surface area contributed by atoms with Gasteiger partial charge in [-0.2, -0.15) is 0 Å². The van der Waals surface area contributed by atoms with Crippen molar-refractivity contribution in [2.24, 2.45) is 0 Å². The number of hydrogen-bond acceptors (Lipinski definition) is 4. The van der Waals surface area contributed by atoms with Gasteiger partial charge in [0.2, 0.25) is 0 Å². The number of benzene rings is 1. The van der Waals surface area contributed by atoms with Crippen molar-refractivity contribution in [3.05, 3.63) is 29.8 Å². The summed E-state index contributed by atoms with van der Waals surface area (Å²) < 4.78 is 5.65. The molecule has 21 heavy (non-hydrogen) atoms. The zero-order chi connectivity index (χ0) is 14.7. The second-order valence-corrected chi connectivity index (χ2v) is 6.43. The molecule has 0 aliphatic carbocycles. The van der Waals surface area contributed by atoms with Crippen LogP contribution in [0.15, 0.2) is 24.3 Å². The second-order valence-electron chi connectivity index (χ2n) is 6.43. The molecule has 0 bridgehead atoms. The summed E-state index contributed by atoms with van der Waals surface area (Å²) >= 11 is 0. The molecule has 1 aromatic rings. The summed E-state index contributed by atoms with van der Waals surface area (Å²) in [6, 6.07) is 9.01. The Morgan fingerprint density at radius 1 is 1.24 bits per heavy atom. The molecule has 2 saturated heterocycles. The first kappa shape index (κ1) is 14.8. The Morgan fingerprint density at radius 3 is 2.76 bits per heavy atom. The van der Waals surface area contributed by atoms with E-state index >= 15 is 0 Å². The molecule has 2 fully saturated rings. The largest absolute Gasteiger partial charge is 0.399 e. The maximum absolute atomic E-state index is 5.86. The molecule has 2 aliphatic rings. The number of nitrogens with zero attached hydrogens (tertiary/aromatic N) is 2. The van der Waals surface area contributed by atoms with E-state index < -0.39 is 0 Å². The van der Waals surface area contributed by atoms with Crippen LogP contribution in [0.1, 0.15) is 25.3 Å². The molecule has 4 heteroatoms. The SMILES string of the molecule is CC1CN(C2CCN(Cc3cccc(N)c3)CC2)CCO1. The number of nitrogen functional groups attached to an aromatic ring is 1. The third-order valence-corrected chi connectivity index (χ3v) is 4.70. The van der Waals surface area contributed by atoms with Gasteiger partial charge in [-0.15, -0.1) is 0 Å². The lowest BCUT2D eigenvalue weighted by molar-refractivity contribution is -0.0437. The van der Waals surface area contributed by atoms with Crippen LogP contribution in [0.25, 0.3) is 0 Å². The molecule has 2 heterocycles. The molecule has 4 nitrogen and oxygen atoms in total. The normalized spacial score (nSPS) is 26.0. The van der Waals surface area contributed by atoms with Gasteiger partial charge in [0.25, 0.3) is 0 Å². The van der Waals surface area contributed by atoms with Crippen molar-refractivity contribution >= 4 is 5.69 Å². The van der Waals surface area contributed by atoms with Crippen LogP contribution in [0.5, 0.6) is 0 Å². The van der Waals surface area contributed by atoms with Crippen molar-refractivity contribution in [1.82, 2.24) is 9.80 Å². The van der Waals surface area contributed by atoms with Crippen LogP contribution in [0, 0.1) is 0 Å². The molecule has 0 spiro atoms. The number of morpholine rings is 1. The van der Waals surface area contributed by atoms with E-state index in [4.69, 9.17) is 10.5 Å². The lowest BCUT2D eigenvalue weighted by Gasteiger charge is -2.41. The Kier molecular flexibility index (Phi) is 4.78. The standard InChI is InChI=1S/C17H27N3O/c1-14-12-20(9-10-21-14)17-5-7-19(8-6-17)13-15-3-2-4-16(18)11-15/h2-4,11,14,17H,5-10,12-13,18H2,1H3. The molecular formula is C17H27N3O. The van der Waals surface area contributed by atoms with Gasteiger partial charge in [0, 0.05) is 31.4 Å². The third-order valence-electron chi connectivity index (χ3n) is 4.70. The molecule has 1 unspecified atom stereocenters. The van der Waals surface area contributed by atoms with Crippen molar-refractivity contribution in [3.63, 3.8) is 0 Å². The maximum atomic E-state index is 5.86. The minimum absolute atomic E-state index is 0.393. The Morgan fingerprint density at radius 2 is 2.05 bits per heavy atom. The molecule has 0 radical (unpaired) electrons. The fourth-order valence-corrected chi connectivity index (χ4v) is 3.57. The highest BCUT2D eigenvalue weighted by Gasteiger charge is 2.27. The van der Waals surface area contributed by atoms with Crippen LogP contribution in [0.4, 0.5) is 5.69 Å². The Bertz CT molecular complexity index is 457. The monoisotopic (exact) mass is 289 g/mol. The van der Waals surface area contributed by atoms with Crippen molar-refractivity contribution in [3.8, 4) is 0 Å². The molecule has 0 aromatic heterocycles. The highest BCUT2D eigenvalue weighted by Crippen LogP contribution is 2.21. The van der Waals surface area contributed by atoms with Gasteiger partial charge in [0.15, 0.2) is 0 Å². The lowest BCUT2D eigenvalue weighted by atomic mass is 10.0. The van der Waals surface area contributed by atoms with E-state index in [0.29, 0.717) is 6.10 Å². The van der Waals surface area contributed by atoms with Crippen molar-refractivity contribution < 1.29 is 4.74 Å². The molecule has 2 aliphatic heterocycles. The minimum atomic E-state index is 0.393. The summed E-state index contributed by atoms with van der Waals surface area (Å²) in [7, 11) is 0. The summed E-state index contributed by atoms with van der Waals surface area (Å²) in [4.78, 5) is 5.18. The first-order chi connectivity index (χ1) is 10.2. The van der Waals surface area contributed by atoms with Gasteiger partial charge < -0.3 is 10.5 Å². The first-order valence-electron chi connectivity index (χ1n) is 8.13. The Hall–Kier alpha value is -1.10. The number of piperidine rings is 1. The molecule has 0 saturated carbocycles. The molecule has 2 N–H and O–H groups in total. The quantitative estimate of drug-likeness (QED) is 0.864. The van der Waals surface area contributed by atoms with Gasteiger partial charge in [-0.1, -0.05) is 12.1 Å². The number of ether oxygens (including phenoxy) is 1. The minimum Gasteiger partial charge on any atom is -0.399 e. The van der Waals surface area contributed by atoms with Gasteiger partial charge in [0.1, 0.15) is 0 Å². The number of anilines is 1. The first-order valence-corrected chi connectivity index (χ1v) is 8.13. The summed E-state index contributed by atoms with van der Waals surface area (Å²) in [5.74, 6) is 0. The molecule has 3 rings (SSSR count). The van der Waals surface area contributed by atoms with Crippen LogP contribution in [-0.4, -0.2) is 54.7 Å². The lowest BCUT2D eigenvalue weighted by Crippen LogP contribution is -2.50. The summed E-state index contributed by atoms with van der Waals surface area (Å²) in [6.07, 6.45) is 2.94. The van der Waals surface area contributed by atoms with Crippen LogP contribution in [0.3, 0.4) is 0 Å². The average Bonchev–Trinajstić information content (AvgIpc) is 2.48. The van der Waals surface area contributed by atoms with Crippen LogP contribution >= 0.6 is 0 Å².